The Labute approximate surface area is 206 Å². The van der Waals surface area contributed by atoms with Crippen molar-refractivity contribution < 1.29 is 27.4 Å². The summed E-state index contributed by atoms with van der Waals surface area (Å²) in [7, 11) is 1.49. The molecular formula is C24H18ClF3N2O4S. The van der Waals surface area contributed by atoms with E-state index in [2.05, 4.69) is 4.99 Å². The summed E-state index contributed by atoms with van der Waals surface area (Å²) in [6, 6.07) is 11.3. The number of carbonyl (C=O) groups is 1. The average Bonchev–Trinajstić information content (AvgIpc) is 3.13. The van der Waals surface area contributed by atoms with Gasteiger partial charge in [-0.15, -0.1) is 0 Å². The largest absolute Gasteiger partial charge is 0.497 e. The van der Waals surface area contributed by atoms with Gasteiger partial charge in [0.2, 0.25) is 0 Å². The van der Waals surface area contributed by atoms with Gasteiger partial charge < -0.3 is 9.47 Å². The number of fused-ring (bicyclic) bond motifs is 1. The van der Waals surface area contributed by atoms with E-state index in [0.29, 0.717) is 16.3 Å². The quantitative estimate of drug-likeness (QED) is 0.475. The lowest BCUT2D eigenvalue weighted by atomic mass is 9.95. The number of hydrogen-bond acceptors (Lipinski definition) is 6. The van der Waals surface area contributed by atoms with Crippen LogP contribution in [0.15, 0.2) is 69.6 Å². The van der Waals surface area contributed by atoms with Crippen LogP contribution in [0, 0.1) is 0 Å². The first-order valence-electron chi connectivity index (χ1n) is 10.3. The van der Waals surface area contributed by atoms with Crippen LogP contribution in [-0.4, -0.2) is 30.4 Å². The second-order valence-corrected chi connectivity index (χ2v) is 8.84. The molecule has 0 saturated heterocycles. The fourth-order valence-electron chi connectivity index (χ4n) is 3.68. The van der Waals surface area contributed by atoms with Crippen molar-refractivity contribution in [2.45, 2.75) is 19.1 Å². The first kappa shape index (κ1) is 24.7. The van der Waals surface area contributed by atoms with Gasteiger partial charge in [0.1, 0.15) is 5.75 Å². The first-order chi connectivity index (χ1) is 16.6. The van der Waals surface area contributed by atoms with Crippen molar-refractivity contribution in [3.8, 4) is 5.75 Å². The van der Waals surface area contributed by atoms with Crippen molar-refractivity contribution in [2.75, 3.05) is 13.7 Å². The summed E-state index contributed by atoms with van der Waals surface area (Å²) in [5, 5.41) is 0.344. The number of methoxy groups -OCH3 is 1. The zero-order valence-corrected chi connectivity index (χ0v) is 20.0. The van der Waals surface area contributed by atoms with Crippen molar-refractivity contribution in [2.24, 2.45) is 4.99 Å². The van der Waals surface area contributed by atoms with Gasteiger partial charge in [0.25, 0.3) is 5.56 Å². The van der Waals surface area contributed by atoms with Gasteiger partial charge in [0, 0.05) is 5.02 Å². The van der Waals surface area contributed by atoms with Gasteiger partial charge in [-0.25, -0.2) is 9.79 Å². The van der Waals surface area contributed by atoms with E-state index in [0.717, 1.165) is 15.9 Å². The van der Waals surface area contributed by atoms with Gasteiger partial charge in [-0.3, -0.25) is 9.36 Å². The monoisotopic (exact) mass is 522 g/mol. The van der Waals surface area contributed by atoms with Gasteiger partial charge in [-0.1, -0.05) is 47.2 Å². The van der Waals surface area contributed by atoms with Gasteiger partial charge in [-0.2, -0.15) is 13.2 Å². The van der Waals surface area contributed by atoms with Crippen molar-refractivity contribution in [3.63, 3.8) is 0 Å². The molecule has 0 amide bonds. The van der Waals surface area contributed by atoms with Gasteiger partial charge in [-0.05, 0) is 48.4 Å². The number of ether oxygens (including phenoxy) is 2. The molecule has 0 unspecified atom stereocenters. The summed E-state index contributed by atoms with van der Waals surface area (Å²) in [4.78, 5) is 29.8. The lowest BCUT2D eigenvalue weighted by molar-refractivity contribution is -0.140. The molecule has 0 aliphatic carbocycles. The minimum absolute atomic E-state index is 0.141. The van der Waals surface area contributed by atoms with E-state index in [-0.39, 0.29) is 21.5 Å². The van der Waals surface area contributed by atoms with Gasteiger partial charge >= 0.3 is 12.1 Å². The summed E-state index contributed by atoms with van der Waals surface area (Å²) in [5.41, 5.74) is -1.90. The lowest BCUT2D eigenvalue weighted by Gasteiger charge is -2.26. The topological polar surface area (TPSA) is 69.9 Å². The summed E-state index contributed by atoms with van der Waals surface area (Å²) >= 11 is 6.76. The van der Waals surface area contributed by atoms with E-state index in [1.165, 1.54) is 44.4 Å². The van der Waals surface area contributed by atoms with Crippen molar-refractivity contribution in [1.82, 2.24) is 4.57 Å². The van der Waals surface area contributed by atoms with Crippen molar-refractivity contribution >= 4 is 35.0 Å². The molecule has 2 heterocycles. The molecule has 11 heteroatoms. The van der Waals surface area contributed by atoms with Crippen molar-refractivity contribution in [1.29, 1.82) is 0 Å². The van der Waals surface area contributed by atoms with Crippen LogP contribution in [0.4, 0.5) is 13.2 Å². The second-order valence-electron chi connectivity index (χ2n) is 7.39. The molecule has 1 atom stereocenters. The number of rotatable bonds is 5. The highest BCUT2D eigenvalue weighted by atomic mass is 35.5. The zero-order chi connectivity index (χ0) is 25.3. The van der Waals surface area contributed by atoms with Gasteiger partial charge in [0.05, 0.1) is 29.9 Å². The third kappa shape index (κ3) is 4.89. The number of halogens is 4. The number of alkyl halides is 3. The molecule has 1 aliphatic rings. The molecule has 0 saturated carbocycles. The number of allylic oxidation sites excluding steroid dienone is 1. The van der Waals surface area contributed by atoms with Crippen LogP contribution < -0.4 is 19.6 Å². The molecular weight excluding hydrogens is 505 g/mol. The second kappa shape index (κ2) is 9.71. The molecule has 4 rings (SSSR count). The van der Waals surface area contributed by atoms with E-state index in [4.69, 9.17) is 21.1 Å². The molecule has 0 N–H and O–H groups in total. The van der Waals surface area contributed by atoms with E-state index in [1.54, 1.807) is 24.3 Å². The maximum atomic E-state index is 14.1. The minimum Gasteiger partial charge on any atom is -0.497 e. The molecule has 1 aromatic heterocycles. The number of esters is 1. The van der Waals surface area contributed by atoms with E-state index in [1.807, 2.05) is 0 Å². The third-order valence-corrected chi connectivity index (χ3v) is 6.41. The molecule has 2 aromatic carbocycles. The Morgan fingerprint density at radius 3 is 2.57 bits per heavy atom. The Balaban J connectivity index is 2.03. The van der Waals surface area contributed by atoms with Crippen LogP contribution in [0.25, 0.3) is 6.08 Å². The number of thiazole rings is 1. The van der Waals surface area contributed by atoms with Gasteiger partial charge in [0.15, 0.2) is 10.5 Å². The number of nitrogens with zero attached hydrogens (tertiary/aromatic N) is 2. The third-order valence-electron chi connectivity index (χ3n) is 5.17. The normalized spacial score (nSPS) is 16.1. The summed E-state index contributed by atoms with van der Waals surface area (Å²) in [6.07, 6.45) is -3.43. The lowest BCUT2D eigenvalue weighted by Crippen LogP contribution is -2.41. The van der Waals surface area contributed by atoms with Crippen LogP contribution in [0.1, 0.15) is 24.1 Å². The number of carbonyl (C=O) groups excluding carboxylic acids is 1. The van der Waals surface area contributed by atoms with Crippen LogP contribution in [0.2, 0.25) is 5.02 Å². The Morgan fingerprint density at radius 2 is 1.94 bits per heavy atom. The van der Waals surface area contributed by atoms with E-state index < -0.39 is 35.0 Å². The predicted octanol–water partition coefficient (Wildman–Crippen LogP) is 4.00. The average molecular weight is 523 g/mol. The Morgan fingerprint density at radius 1 is 1.23 bits per heavy atom. The number of hydrogen-bond donors (Lipinski definition) is 0. The SMILES string of the molecule is CCOC(=O)C1=C(C(F)(F)F)N=c2s/c(=C/c3cccc(OC)c3)c(=O)n2[C@@H]1c1ccc(Cl)cc1. The summed E-state index contributed by atoms with van der Waals surface area (Å²) in [6.45, 7) is 1.33. The predicted molar refractivity (Wildman–Crippen MR) is 125 cm³/mol. The molecule has 0 spiro atoms. The fourth-order valence-corrected chi connectivity index (χ4v) is 4.81. The van der Waals surface area contributed by atoms with Crippen LogP contribution in [0.5, 0.6) is 5.75 Å². The number of benzene rings is 2. The molecule has 3 aromatic rings. The molecule has 0 radical (unpaired) electrons. The van der Waals surface area contributed by atoms with Crippen molar-refractivity contribution in [3.05, 3.63) is 95.6 Å². The number of aromatic nitrogens is 1. The Kier molecular flexibility index (Phi) is 6.86. The zero-order valence-electron chi connectivity index (χ0n) is 18.4. The smallest absolute Gasteiger partial charge is 0.434 e. The van der Waals surface area contributed by atoms with E-state index >= 15 is 0 Å². The fraction of sp³-hybridized carbons (Fsp3) is 0.208. The van der Waals surface area contributed by atoms with Crippen LogP contribution in [0.3, 0.4) is 0 Å². The highest BCUT2D eigenvalue weighted by molar-refractivity contribution is 7.07. The molecule has 6 nitrogen and oxygen atoms in total. The standard InChI is InChI=1S/C24H18ClF3N2O4S/c1-3-34-22(32)18-19(14-7-9-15(25)10-8-14)30-21(31)17(12-13-5-4-6-16(11-13)33-2)35-23(30)29-20(18)24(26,27)28/h4-12,19H,3H2,1-2H3/b17-12+/t19-/m1/s1. The summed E-state index contributed by atoms with van der Waals surface area (Å²) in [5.74, 6) is -0.653. The molecule has 1 aliphatic heterocycles. The highest BCUT2D eigenvalue weighted by Gasteiger charge is 2.45. The Bertz CT molecular complexity index is 1490. The van der Waals surface area contributed by atoms with Crippen LogP contribution in [-0.2, 0) is 9.53 Å². The Hall–Kier alpha value is -3.37. The maximum absolute atomic E-state index is 14.1. The highest BCUT2D eigenvalue weighted by Crippen LogP contribution is 2.38. The summed E-state index contributed by atoms with van der Waals surface area (Å²) < 4.78 is 53.6. The maximum Gasteiger partial charge on any atom is 0.434 e. The van der Waals surface area contributed by atoms with Crippen LogP contribution >= 0.6 is 22.9 Å². The minimum atomic E-state index is -4.96. The molecule has 35 heavy (non-hydrogen) atoms. The molecule has 0 fully saturated rings. The molecule has 182 valence electrons. The van der Waals surface area contributed by atoms with E-state index in [9.17, 15) is 22.8 Å². The first-order valence-corrected chi connectivity index (χ1v) is 11.5. The molecule has 0 bridgehead atoms.